The van der Waals surface area contributed by atoms with Gasteiger partial charge in [-0.25, -0.2) is 0 Å². The number of hydrogen-bond acceptors (Lipinski definition) is 4. The summed E-state index contributed by atoms with van der Waals surface area (Å²) < 4.78 is 62.0. The number of benzene rings is 2. The van der Waals surface area contributed by atoms with Crippen LogP contribution in [-0.4, -0.2) is 71.4 Å². The van der Waals surface area contributed by atoms with E-state index >= 15 is 0 Å². The summed E-state index contributed by atoms with van der Waals surface area (Å²) in [5.41, 5.74) is 0. The zero-order valence-electron chi connectivity index (χ0n) is 9.52. The normalized spacial score (nSPS) is 12.1. The second kappa shape index (κ2) is 5.78. The number of hydrogen-bond donors (Lipinski definition) is 2. The summed E-state index contributed by atoms with van der Waals surface area (Å²) in [6.07, 6.45) is 0. The van der Waals surface area contributed by atoms with Crippen molar-refractivity contribution in [3.8, 4) is 0 Å². The van der Waals surface area contributed by atoms with Gasteiger partial charge in [-0.2, -0.15) is 16.8 Å². The fourth-order valence-electron chi connectivity index (χ4n) is 1.62. The molecule has 0 aliphatic heterocycles. The molecule has 2 aromatic carbocycles. The fourth-order valence-corrected chi connectivity index (χ4v) is 2.85. The third kappa shape index (κ3) is 3.76. The van der Waals surface area contributed by atoms with E-state index in [0.717, 1.165) is 12.1 Å². The van der Waals surface area contributed by atoms with Crippen LogP contribution in [0.4, 0.5) is 0 Å². The monoisotopic (exact) mass is 376 g/mol. The second-order valence-corrected chi connectivity index (χ2v) is 6.40. The molecule has 0 bridgehead atoms. The van der Waals surface area contributed by atoms with Crippen molar-refractivity contribution in [2.75, 3.05) is 0 Å². The van der Waals surface area contributed by atoms with Gasteiger partial charge in [0.05, 0.1) is 4.90 Å². The van der Waals surface area contributed by atoms with Crippen LogP contribution in [0.15, 0.2) is 46.2 Å². The molecule has 19 heavy (non-hydrogen) atoms. The van der Waals surface area contributed by atoms with Crippen molar-refractivity contribution in [3.05, 3.63) is 36.4 Å². The van der Waals surface area contributed by atoms with Crippen molar-refractivity contribution in [1.82, 2.24) is 0 Å². The van der Waals surface area contributed by atoms with Gasteiger partial charge >= 0.3 is 0 Å². The molecule has 0 aliphatic rings. The summed E-state index contributed by atoms with van der Waals surface area (Å²) >= 11 is 0. The minimum Gasteiger partial charge on any atom is -0.282 e. The van der Waals surface area contributed by atoms with E-state index in [-0.39, 0.29) is 66.0 Å². The fraction of sp³-hybridized carbons (Fsp3) is 0. The Labute approximate surface area is 147 Å². The first-order valence-electron chi connectivity index (χ1n) is 4.67. The molecule has 0 heterocycles. The number of rotatable bonds is 2. The Kier molecular flexibility index (Phi) is 5.19. The maximum atomic E-state index is 11.1. The topological polar surface area (TPSA) is 109 Å². The molecular formula is C10H8O6S2Sr. The van der Waals surface area contributed by atoms with Crippen LogP contribution in [0.25, 0.3) is 10.8 Å². The summed E-state index contributed by atoms with van der Waals surface area (Å²) in [5, 5.41) is 0.452. The van der Waals surface area contributed by atoms with Crippen LogP contribution < -0.4 is 0 Å². The minimum atomic E-state index is -4.39. The van der Waals surface area contributed by atoms with Crippen molar-refractivity contribution in [2.45, 2.75) is 9.79 Å². The molecule has 2 rings (SSSR count). The van der Waals surface area contributed by atoms with Crippen molar-refractivity contribution in [3.63, 3.8) is 0 Å². The molecule has 0 saturated heterocycles. The third-order valence-corrected chi connectivity index (χ3v) is 4.15. The molecule has 0 atom stereocenters. The van der Waals surface area contributed by atoms with Crippen molar-refractivity contribution >= 4 is 76.5 Å². The molecule has 6 nitrogen and oxygen atoms in total. The van der Waals surface area contributed by atoms with E-state index in [1.54, 1.807) is 0 Å². The minimum absolute atomic E-state index is 0. The quantitative estimate of drug-likeness (QED) is 0.597. The molecule has 2 aromatic rings. The molecule has 0 unspecified atom stereocenters. The SMILES string of the molecule is O=S(=O)(O)c1ccc2c(S(=O)(=O)O)cccc2c1.[Sr]. The van der Waals surface area contributed by atoms with Gasteiger partial charge in [0.25, 0.3) is 20.2 Å². The van der Waals surface area contributed by atoms with Gasteiger partial charge in [0, 0.05) is 50.9 Å². The zero-order valence-corrected chi connectivity index (χ0v) is 14.6. The predicted molar refractivity (Wildman–Crippen MR) is 69.3 cm³/mol. The molecule has 0 aromatic heterocycles. The van der Waals surface area contributed by atoms with Crippen LogP contribution in [0.1, 0.15) is 0 Å². The Morgan fingerprint density at radius 3 is 2.00 bits per heavy atom. The van der Waals surface area contributed by atoms with E-state index < -0.39 is 20.2 Å². The van der Waals surface area contributed by atoms with Gasteiger partial charge in [-0.15, -0.1) is 0 Å². The Morgan fingerprint density at radius 1 is 0.842 bits per heavy atom. The van der Waals surface area contributed by atoms with Crippen LogP contribution >= 0.6 is 0 Å². The molecule has 2 radical (unpaired) electrons. The van der Waals surface area contributed by atoms with E-state index in [4.69, 9.17) is 9.11 Å². The summed E-state index contributed by atoms with van der Waals surface area (Å²) in [7, 11) is -8.74. The summed E-state index contributed by atoms with van der Waals surface area (Å²) in [5.74, 6) is 0. The van der Waals surface area contributed by atoms with Crippen molar-refractivity contribution in [1.29, 1.82) is 0 Å². The second-order valence-electron chi connectivity index (χ2n) is 3.59. The van der Waals surface area contributed by atoms with Crippen molar-refractivity contribution in [2.24, 2.45) is 0 Å². The van der Waals surface area contributed by atoms with Gasteiger partial charge in [-0.3, -0.25) is 9.11 Å². The van der Waals surface area contributed by atoms with Gasteiger partial charge in [0.1, 0.15) is 4.90 Å². The first-order chi connectivity index (χ1) is 8.19. The molecule has 0 aliphatic carbocycles. The van der Waals surface area contributed by atoms with E-state index in [1.807, 2.05) is 0 Å². The van der Waals surface area contributed by atoms with Gasteiger partial charge < -0.3 is 0 Å². The molecule has 2 N–H and O–H groups in total. The largest absolute Gasteiger partial charge is 0.295 e. The summed E-state index contributed by atoms with van der Waals surface area (Å²) in [6.45, 7) is 0. The molecule has 0 fully saturated rings. The third-order valence-electron chi connectivity index (χ3n) is 2.39. The van der Waals surface area contributed by atoms with E-state index in [2.05, 4.69) is 0 Å². The standard InChI is InChI=1S/C10H8O6S2.Sr/c11-17(12,13)8-4-5-9-7(6-8)2-1-3-10(9)18(14,15)16;/h1-6H,(H,11,12,13)(H,14,15,16);. The molecule has 0 amide bonds. The van der Waals surface area contributed by atoms with Crippen LogP contribution in [0, 0.1) is 0 Å². The van der Waals surface area contributed by atoms with Crippen LogP contribution in [0.3, 0.4) is 0 Å². The average molecular weight is 376 g/mol. The van der Waals surface area contributed by atoms with Crippen LogP contribution in [-0.2, 0) is 20.2 Å². The molecule has 0 spiro atoms. The van der Waals surface area contributed by atoms with Crippen LogP contribution in [0.2, 0.25) is 0 Å². The molecular weight excluding hydrogens is 368 g/mol. The van der Waals surface area contributed by atoms with Crippen LogP contribution in [0.5, 0.6) is 0 Å². The van der Waals surface area contributed by atoms with Crippen molar-refractivity contribution < 1.29 is 25.9 Å². The van der Waals surface area contributed by atoms with Gasteiger partial charge in [-0.05, 0) is 23.6 Å². The molecule has 9 heteroatoms. The predicted octanol–water partition coefficient (Wildman–Crippen LogP) is 0.952. The van der Waals surface area contributed by atoms with E-state index in [9.17, 15) is 16.8 Å². The molecule has 98 valence electrons. The Hall–Kier alpha value is 0.000519. The first-order valence-corrected chi connectivity index (χ1v) is 7.55. The summed E-state index contributed by atoms with van der Waals surface area (Å²) in [4.78, 5) is -0.663. The smallest absolute Gasteiger partial charge is 0.282 e. The Bertz CT molecular complexity index is 826. The Morgan fingerprint density at radius 2 is 1.47 bits per heavy atom. The van der Waals surface area contributed by atoms with E-state index in [0.29, 0.717) is 0 Å². The number of fused-ring (bicyclic) bond motifs is 1. The maximum Gasteiger partial charge on any atom is 0.295 e. The Balaban J connectivity index is 0.00000180. The first kappa shape index (κ1) is 17.1. The molecule has 0 saturated carbocycles. The zero-order chi connectivity index (χ0) is 13.6. The average Bonchev–Trinajstić information content (AvgIpc) is 2.25. The van der Waals surface area contributed by atoms with Gasteiger partial charge in [0.2, 0.25) is 0 Å². The van der Waals surface area contributed by atoms with Gasteiger partial charge in [-0.1, -0.05) is 18.2 Å². The van der Waals surface area contributed by atoms with Gasteiger partial charge in [0.15, 0.2) is 0 Å². The summed E-state index contributed by atoms with van der Waals surface area (Å²) in [6, 6.07) is 7.43. The maximum absolute atomic E-state index is 11.1. The van der Waals surface area contributed by atoms with E-state index in [1.165, 1.54) is 24.3 Å².